The molecule has 2 fully saturated rings. The highest BCUT2D eigenvalue weighted by Gasteiger charge is 2.39. The van der Waals surface area contributed by atoms with Crippen LogP contribution in [0.25, 0.3) is 0 Å². The third-order valence-corrected chi connectivity index (χ3v) is 4.47. The highest BCUT2D eigenvalue weighted by molar-refractivity contribution is 5.74. The zero-order chi connectivity index (χ0) is 14.1. The van der Waals surface area contributed by atoms with Gasteiger partial charge < -0.3 is 9.42 Å². The molecule has 2 aliphatic heterocycles. The van der Waals surface area contributed by atoms with Crippen LogP contribution >= 0.6 is 0 Å². The van der Waals surface area contributed by atoms with Gasteiger partial charge in [-0.05, 0) is 39.2 Å². The zero-order valence-corrected chi connectivity index (χ0v) is 12.2. The Hall–Kier alpha value is -1.43. The molecule has 0 bridgehead atoms. The zero-order valence-electron chi connectivity index (χ0n) is 12.2. The molecule has 3 rings (SSSR count). The van der Waals surface area contributed by atoms with Gasteiger partial charge in [0.25, 0.3) is 0 Å². The monoisotopic (exact) mass is 278 g/mol. The van der Waals surface area contributed by atoms with Gasteiger partial charge in [-0.2, -0.15) is 4.98 Å². The third-order valence-electron chi connectivity index (χ3n) is 4.47. The van der Waals surface area contributed by atoms with E-state index in [0.717, 1.165) is 32.4 Å². The number of amides is 1. The fourth-order valence-electron chi connectivity index (χ4n) is 3.65. The number of nitrogens with zero attached hydrogens (tertiary/aromatic N) is 4. The van der Waals surface area contributed by atoms with Crippen molar-refractivity contribution >= 4 is 5.91 Å². The Morgan fingerprint density at radius 1 is 1.30 bits per heavy atom. The summed E-state index contributed by atoms with van der Waals surface area (Å²) in [5.41, 5.74) is 0. The average Bonchev–Trinajstić information content (AvgIpc) is 3.09. The molecule has 0 aromatic carbocycles. The van der Waals surface area contributed by atoms with E-state index >= 15 is 0 Å². The van der Waals surface area contributed by atoms with Gasteiger partial charge >= 0.3 is 0 Å². The number of hydrogen-bond acceptors (Lipinski definition) is 5. The van der Waals surface area contributed by atoms with E-state index in [2.05, 4.69) is 15.0 Å². The fourth-order valence-corrected chi connectivity index (χ4v) is 3.65. The van der Waals surface area contributed by atoms with Crippen LogP contribution in [0.4, 0.5) is 0 Å². The van der Waals surface area contributed by atoms with Crippen molar-refractivity contribution in [2.45, 2.75) is 58.2 Å². The standard InChI is InChI=1S/C14H22N4O2/c1-10-15-14(20-16-10)9-17-7-3-5-12(17)13-6-4-8-18(13)11(2)19/h12-13H,3-9H2,1-2H3/t12-,13-/m0/s1. The summed E-state index contributed by atoms with van der Waals surface area (Å²) in [4.78, 5) is 20.5. The van der Waals surface area contributed by atoms with Crippen molar-refractivity contribution < 1.29 is 9.32 Å². The van der Waals surface area contributed by atoms with Crippen LogP contribution in [0.15, 0.2) is 4.52 Å². The van der Waals surface area contributed by atoms with Crippen LogP contribution in [0.2, 0.25) is 0 Å². The van der Waals surface area contributed by atoms with Gasteiger partial charge in [0.2, 0.25) is 11.8 Å². The first-order valence-electron chi connectivity index (χ1n) is 7.45. The summed E-state index contributed by atoms with van der Waals surface area (Å²) in [6, 6.07) is 0.799. The predicted molar refractivity (Wildman–Crippen MR) is 72.9 cm³/mol. The minimum Gasteiger partial charge on any atom is -0.338 e. The molecular formula is C14H22N4O2. The van der Waals surface area contributed by atoms with Crippen molar-refractivity contribution in [1.29, 1.82) is 0 Å². The molecule has 2 atom stereocenters. The summed E-state index contributed by atoms with van der Waals surface area (Å²) < 4.78 is 5.23. The van der Waals surface area contributed by atoms with Crippen molar-refractivity contribution in [3.8, 4) is 0 Å². The Labute approximate surface area is 119 Å². The summed E-state index contributed by atoms with van der Waals surface area (Å²) in [7, 11) is 0. The lowest BCUT2D eigenvalue weighted by Gasteiger charge is -2.33. The fraction of sp³-hybridized carbons (Fsp3) is 0.786. The van der Waals surface area contributed by atoms with E-state index in [1.165, 1.54) is 6.42 Å². The first-order chi connectivity index (χ1) is 9.65. The number of aryl methyl sites for hydroxylation is 1. The highest BCUT2D eigenvalue weighted by atomic mass is 16.5. The van der Waals surface area contributed by atoms with E-state index in [9.17, 15) is 4.79 Å². The Morgan fingerprint density at radius 2 is 2.05 bits per heavy atom. The summed E-state index contributed by atoms with van der Waals surface area (Å²) in [5.74, 6) is 1.57. The number of aromatic nitrogens is 2. The Balaban J connectivity index is 1.70. The normalized spacial score (nSPS) is 27.4. The Bertz CT molecular complexity index is 487. The minimum absolute atomic E-state index is 0.202. The van der Waals surface area contributed by atoms with Gasteiger partial charge in [0, 0.05) is 25.6 Å². The van der Waals surface area contributed by atoms with Gasteiger partial charge in [-0.3, -0.25) is 9.69 Å². The van der Waals surface area contributed by atoms with Crippen LogP contribution in [0.3, 0.4) is 0 Å². The molecule has 2 aliphatic rings. The van der Waals surface area contributed by atoms with Crippen LogP contribution in [-0.4, -0.2) is 51.0 Å². The lowest BCUT2D eigenvalue weighted by Crippen LogP contribution is -2.47. The Morgan fingerprint density at radius 3 is 2.75 bits per heavy atom. The molecule has 0 saturated carbocycles. The summed E-state index contributed by atoms with van der Waals surface area (Å²) >= 11 is 0. The summed E-state index contributed by atoms with van der Waals surface area (Å²) in [6.45, 7) is 6.17. The molecule has 1 aromatic heterocycles. The second kappa shape index (κ2) is 5.52. The van der Waals surface area contributed by atoms with E-state index in [0.29, 0.717) is 30.3 Å². The number of likely N-dealkylation sites (tertiary alicyclic amines) is 2. The molecular weight excluding hydrogens is 256 g/mol. The number of rotatable bonds is 3. The van der Waals surface area contributed by atoms with E-state index in [-0.39, 0.29) is 5.91 Å². The van der Waals surface area contributed by atoms with Crippen molar-refractivity contribution in [2.24, 2.45) is 0 Å². The quantitative estimate of drug-likeness (QED) is 0.835. The van der Waals surface area contributed by atoms with Crippen LogP contribution in [0, 0.1) is 6.92 Å². The second-order valence-corrected chi connectivity index (χ2v) is 5.84. The van der Waals surface area contributed by atoms with Crippen LogP contribution in [0.5, 0.6) is 0 Å². The Kier molecular flexibility index (Phi) is 3.74. The molecule has 0 spiro atoms. The van der Waals surface area contributed by atoms with E-state index in [4.69, 9.17) is 4.52 Å². The first kappa shape index (κ1) is 13.5. The molecule has 6 heteroatoms. The smallest absolute Gasteiger partial charge is 0.240 e. The van der Waals surface area contributed by atoms with Gasteiger partial charge in [0.05, 0.1) is 6.54 Å². The third kappa shape index (κ3) is 2.57. The van der Waals surface area contributed by atoms with Crippen molar-refractivity contribution in [3.05, 3.63) is 11.7 Å². The first-order valence-corrected chi connectivity index (χ1v) is 7.45. The van der Waals surface area contributed by atoms with Crippen molar-refractivity contribution in [2.75, 3.05) is 13.1 Å². The molecule has 20 heavy (non-hydrogen) atoms. The number of carbonyl (C=O) groups is 1. The second-order valence-electron chi connectivity index (χ2n) is 5.84. The SMILES string of the molecule is CC(=O)N1CCC[C@H]1[C@@H]1CCCN1Cc1nc(C)no1. The van der Waals surface area contributed by atoms with Gasteiger partial charge in [-0.1, -0.05) is 5.16 Å². The maximum Gasteiger partial charge on any atom is 0.240 e. The van der Waals surface area contributed by atoms with E-state index in [1.807, 2.05) is 11.8 Å². The van der Waals surface area contributed by atoms with Crippen molar-refractivity contribution in [1.82, 2.24) is 19.9 Å². The lowest BCUT2D eigenvalue weighted by atomic mass is 10.0. The lowest BCUT2D eigenvalue weighted by molar-refractivity contribution is -0.130. The van der Waals surface area contributed by atoms with Gasteiger partial charge in [0.1, 0.15) is 0 Å². The molecule has 0 unspecified atom stereocenters. The minimum atomic E-state index is 0.202. The molecule has 1 amide bonds. The molecule has 0 radical (unpaired) electrons. The molecule has 2 saturated heterocycles. The molecule has 0 aliphatic carbocycles. The number of hydrogen-bond donors (Lipinski definition) is 0. The maximum atomic E-state index is 11.7. The molecule has 3 heterocycles. The van der Waals surface area contributed by atoms with Crippen molar-refractivity contribution in [3.63, 3.8) is 0 Å². The topological polar surface area (TPSA) is 62.5 Å². The molecule has 6 nitrogen and oxygen atoms in total. The maximum absolute atomic E-state index is 11.7. The molecule has 110 valence electrons. The van der Waals surface area contributed by atoms with E-state index in [1.54, 1.807) is 6.92 Å². The largest absolute Gasteiger partial charge is 0.338 e. The predicted octanol–water partition coefficient (Wildman–Crippen LogP) is 1.35. The van der Waals surface area contributed by atoms with Crippen LogP contribution in [0.1, 0.15) is 44.3 Å². The highest BCUT2D eigenvalue weighted by Crippen LogP contribution is 2.30. The van der Waals surface area contributed by atoms with Gasteiger partial charge in [0.15, 0.2) is 5.82 Å². The van der Waals surface area contributed by atoms with Crippen LogP contribution < -0.4 is 0 Å². The van der Waals surface area contributed by atoms with Crippen LogP contribution in [-0.2, 0) is 11.3 Å². The number of carbonyl (C=O) groups excluding carboxylic acids is 1. The van der Waals surface area contributed by atoms with Gasteiger partial charge in [-0.15, -0.1) is 0 Å². The average molecular weight is 278 g/mol. The summed E-state index contributed by atoms with van der Waals surface area (Å²) in [6.07, 6.45) is 4.57. The van der Waals surface area contributed by atoms with Gasteiger partial charge in [-0.25, -0.2) is 0 Å². The molecule has 1 aromatic rings. The molecule has 0 N–H and O–H groups in total. The summed E-state index contributed by atoms with van der Waals surface area (Å²) in [5, 5.41) is 3.85. The van der Waals surface area contributed by atoms with E-state index < -0.39 is 0 Å².